The second kappa shape index (κ2) is 5.46. The fraction of sp³-hybridized carbons (Fsp3) is 0.0833. The molecular weight excluding hydrogens is 256 g/mol. The van der Waals surface area contributed by atoms with E-state index in [1.807, 2.05) is 0 Å². The molecule has 0 N–H and O–H groups in total. The van der Waals surface area contributed by atoms with Crippen LogP contribution in [0.4, 0.5) is 5.69 Å². The van der Waals surface area contributed by atoms with E-state index in [1.165, 1.54) is 12.1 Å². The molecule has 0 aliphatic rings. The molecule has 1 heterocycles. The molecule has 2 aromatic rings. The number of pyridine rings is 1. The van der Waals surface area contributed by atoms with Gasteiger partial charge in [-0.05, 0) is 12.1 Å². The minimum Gasteiger partial charge on any atom is -0.489 e. The van der Waals surface area contributed by atoms with E-state index in [4.69, 9.17) is 16.3 Å². The Labute approximate surface area is 108 Å². The number of hydrogen-bond acceptors (Lipinski definition) is 4. The number of benzene rings is 1. The van der Waals surface area contributed by atoms with Gasteiger partial charge in [-0.2, -0.15) is 0 Å². The van der Waals surface area contributed by atoms with Gasteiger partial charge in [-0.25, -0.2) is 4.98 Å². The monoisotopic (exact) mass is 264 g/mol. The number of rotatable bonds is 4. The summed E-state index contributed by atoms with van der Waals surface area (Å²) in [5.74, 6) is 0.444. The van der Waals surface area contributed by atoms with Crippen molar-refractivity contribution in [2.45, 2.75) is 6.61 Å². The van der Waals surface area contributed by atoms with Crippen LogP contribution in [-0.4, -0.2) is 9.91 Å². The van der Waals surface area contributed by atoms with E-state index in [0.717, 1.165) is 5.56 Å². The zero-order valence-electron chi connectivity index (χ0n) is 9.25. The molecule has 6 heteroatoms. The van der Waals surface area contributed by atoms with E-state index in [1.54, 1.807) is 30.5 Å². The smallest absolute Gasteiger partial charge is 0.273 e. The first-order chi connectivity index (χ1) is 8.65. The highest BCUT2D eigenvalue weighted by Gasteiger charge is 2.06. The normalized spacial score (nSPS) is 10.1. The zero-order valence-corrected chi connectivity index (χ0v) is 10.0. The Bertz CT molecular complexity index is 558. The topological polar surface area (TPSA) is 65.3 Å². The van der Waals surface area contributed by atoms with Crippen LogP contribution < -0.4 is 4.74 Å². The molecule has 5 nitrogen and oxygen atoms in total. The highest BCUT2D eigenvalue weighted by Crippen LogP contribution is 2.20. The number of non-ortho nitro benzene ring substituents is 1. The lowest BCUT2D eigenvalue weighted by Gasteiger charge is -2.05. The van der Waals surface area contributed by atoms with Gasteiger partial charge in [-0.1, -0.05) is 23.7 Å². The van der Waals surface area contributed by atoms with Crippen molar-refractivity contribution in [1.82, 2.24) is 4.98 Å². The molecule has 0 spiro atoms. The Hall–Kier alpha value is -2.14. The fourth-order valence-corrected chi connectivity index (χ4v) is 1.46. The Morgan fingerprint density at radius 2 is 2.17 bits per heavy atom. The van der Waals surface area contributed by atoms with Crippen molar-refractivity contribution >= 4 is 17.3 Å². The Morgan fingerprint density at radius 1 is 1.33 bits per heavy atom. The van der Waals surface area contributed by atoms with Crippen LogP contribution in [0.3, 0.4) is 0 Å². The average molecular weight is 265 g/mol. The molecule has 0 aliphatic heterocycles. The van der Waals surface area contributed by atoms with Gasteiger partial charge in [-0.3, -0.25) is 10.1 Å². The molecule has 0 amide bonds. The summed E-state index contributed by atoms with van der Waals surface area (Å²) < 4.78 is 5.44. The van der Waals surface area contributed by atoms with Gasteiger partial charge in [0.15, 0.2) is 0 Å². The largest absolute Gasteiger partial charge is 0.489 e. The molecule has 0 bridgehead atoms. The van der Waals surface area contributed by atoms with Crippen LogP contribution in [0.25, 0.3) is 0 Å². The number of nitrogens with zero attached hydrogens (tertiary/aromatic N) is 2. The summed E-state index contributed by atoms with van der Waals surface area (Å²) in [7, 11) is 0. The molecule has 0 radical (unpaired) electrons. The lowest BCUT2D eigenvalue weighted by atomic mass is 10.3. The van der Waals surface area contributed by atoms with Gasteiger partial charge in [0.2, 0.25) is 0 Å². The maximum absolute atomic E-state index is 10.6. The van der Waals surface area contributed by atoms with Crippen molar-refractivity contribution in [3.63, 3.8) is 0 Å². The van der Waals surface area contributed by atoms with Crippen LogP contribution in [0.15, 0.2) is 42.6 Å². The maximum Gasteiger partial charge on any atom is 0.273 e. The van der Waals surface area contributed by atoms with Gasteiger partial charge in [0.1, 0.15) is 17.5 Å². The van der Waals surface area contributed by atoms with Crippen LogP contribution in [0.5, 0.6) is 5.75 Å². The summed E-state index contributed by atoms with van der Waals surface area (Å²) in [5, 5.41) is 11.0. The third-order valence-electron chi connectivity index (χ3n) is 2.22. The summed E-state index contributed by atoms with van der Waals surface area (Å²) in [4.78, 5) is 14.0. The molecule has 0 saturated heterocycles. The lowest BCUT2D eigenvalue weighted by Crippen LogP contribution is -1.96. The van der Waals surface area contributed by atoms with E-state index in [9.17, 15) is 10.1 Å². The van der Waals surface area contributed by atoms with E-state index in [2.05, 4.69) is 4.98 Å². The Kier molecular flexibility index (Phi) is 3.74. The van der Waals surface area contributed by atoms with Crippen LogP contribution in [0.1, 0.15) is 5.56 Å². The number of halogens is 1. The van der Waals surface area contributed by atoms with Gasteiger partial charge in [-0.15, -0.1) is 0 Å². The van der Waals surface area contributed by atoms with Gasteiger partial charge in [0, 0.05) is 17.8 Å². The van der Waals surface area contributed by atoms with Crippen molar-refractivity contribution in [3.8, 4) is 5.75 Å². The highest BCUT2D eigenvalue weighted by molar-refractivity contribution is 6.29. The number of nitro groups is 1. The predicted octanol–water partition coefficient (Wildman–Crippen LogP) is 3.22. The van der Waals surface area contributed by atoms with Crippen molar-refractivity contribution in [2.75, 3.05) is 0 Å². The number of ether oxygens (including phenoxy) is 1. The molecular formula is C12H9ClN2O3. The van der Waals surface area contributed by atoms with Crippen molar-refractivity contribution in [2.24, 2.45) is 0 Å². The van der Waals surface area contributed by atoms with Crippen LogP contribution in [-0.2, 0) is 6.61 Å². The molecule has 1 aromatic heterocycles. The van der Waals surface area contributed by atoms with E-state index in [0.29, 0.717) is 10.9 Å². The summed E-state index contributed by atoms with van der Waals surface area (Å²) >= 11 is 5.66. The molecule has 18 heavy (non-hydrogen) atoms. The lowest BCUT2D eigenvalue weighted by molar-refractivity contribution is -0.384. The molecule has 2 rings (SSSR count). The predicted molar refractivity (Wildman–Crippen MR) is 66.7 cm³/mol. The van der Waals surface area contributed by atoms with E-state index in [-0.39, 0.29) is 12.3 Å². The molecule has 92 valence electrons. The third kappa shape index (κ3) is 3.18. The van der Waals surface area contributed by atoms with E-state index >= 15 is 0 Å². The minimum atomic E-state index is -0.462. The SMILES string of the molecule is O=[N+]([O-])c1cccc(OCc2ccc(Cl)nc2)c1. The van der Waals surface area contributed by atoms with Crippen molar-refractivity contribution in [3.05, 3.63) is 63.4 Å². The molecule has 0 atom stereocenters. The number of nitro benzene ring substituents is 1. The summed E-state index contributed by atoms with van der Waals surface area (Å²) in [6, 6.07) is 9.48. The highest BCUT2D eigenvalue weighted by atomic mass is 35.5. The van der Waals surface area contributed by atoms with Crippen LogP contribution >= 0.6 is 11.6 Å². The van der Waals surface area contributed by atoms with Crippen molar-refractivity contribution < 1.29 is 9.66 Å². The zero-order chi connectivity index (χ0) is 13.0. The number of hydrogen-bond donors (Lipinski definition) is 0. The first-order valence-corrected chi connectivity index (χ1v) is 5.50. The average Bonchev–Trinajstić information content (AvgIpc) is 2.38. The maximum atomic E-state index is 10.6. The van der Waals surface area contributed by atoms with Gasteiger partial charge < -0.3 is 4.74 Å². The molecule has 0 fully saturated rings. The summed E-state index contributed by atoms with van der Waals surface area (Å²) in [6.45, 7) is 0.283. The first-order valence-electron chi connectivity index (χ1n) is 5.13. The standard InChI is InChI=1S/C12H9ClN2O3/c13-12-5-4-9(7-14-12)8-18-11-3-1-2-10(6-11)15(16)17/h1-7H,8H2. The third-order valence-corrected chi connectivity index (χ3v) is 2.45. The van der Waals surface area contributed by atoms with Crippen molar-refractivity contribution in [1.29, 1.82) is 0 Å². The van der Waals surface area contributed by atoms with Gasteiger partial charge in [0.25, 0.3) is 5.69 Å². The quantitative estimate of drug-likeness (QED) is 0.483. The van der Waals surface area contributed by atoms with Crippen LogP contribution in [0.2, 0.25) is 5.15 Å². The summed E-state index contributed by atoms with van der Waals surface area (Å²) in [5.41, 5.74) is 0.840. The van der Waals surface area contributed by atoms with Gasteiger partial charge >= 0.3 is 0 Å². The second-order valence-electron chi connectivity index (χ2n) is 3.53. The first kappa shape index (κ1) is 12.3. The Morgan fingerprint density at radius 3 is 2.83 bits per heavy atom. The molecule has 0 aliphatic carbocycles. The minimum absolute atomic E-state index is 0.00160. The second-order valence-corrected chi connectivity index (χ2v) is 3.92. The summed E-state index contributed by atoms with van der Waals surface area (Å²) in [6.07, 6.45) is 1.60. The number of aromatic nitrogens is 1. The Balaban J connectivity index is 2.04. The van der Waals surface area contributed by atoms with E-state index < -0.39 is 4.92 Å². The van der Waals surface area contributed by atoms with Gasteiger partial charge in [0.05, 0.1) is 11.0 Å². The molecule has 0 unspecified atom stereocenters. The fourth-order valence-electron chi connectivity index (χ4n) is 1.35. The molecule has 0 saturated carbocycles. The van der Waals surface area contributed by atoms with Crippen LogP contribution in [0, 0.1) is 10.1 Å². The molecule has 1 aromatic carbocycles.